The Morgan fingerprint density at radius 2 is 1.61 bits per heavy atom. The second-order valence-corrected chi connectivity index (χ2v) is 14.1. The Bertz CT molecular complexity index is 1720. The molecule has 44 heavy (non-hydrogen) atoms. The monoisotopic (exact) mass is 598 g/mol. The van der Waals surface area contributed by atoms with Gasteiger partial charge in [-0.3, -0.25) is 19.2 Å². The molecule has 230 valence electrons. The zero-order chi connectivity index (χ0) is 32.1. The molecule has 0 heterocycles. The first-order chi connectivity index (χ1) is 20.6. The van der Waals surface area contributed by atoms with Crippen LogP contribution in [0, 0.1) is 28.6 Å². The zero-order valence-corrected chi connectivity index (χ0v) is 25.7. The van der Waals surface area contributed by atoms with E-state index in [0.717, 1.165) is 30.9 Å². The van der Waals surface area contributed by atoms with E-state index in [2.05, 4.69) is 0 Å². The molecule has 0 amide bonds. The van der Waals surface area contributed by atoms with E-state index < -0.39 is 56.8 Å². The van der Waals surface area contributed by atoms with Gasteiger partial charge in [0.15, 0.2) is 17.2 Å². The van der Waals surface area contributed by atoms with Crippen molar-refractivity contribution >= 4 is 23.1 Å². The summed E-state index contributed by atoms with van der Waals surface area (Å²) in [5.74, 6) is -4.94. The Hall–Kier alpha value is -4.04. The third-order valence-corrected chi connectivity index (χ3v) is 10.6. The summed E-state index contributed by atoms with van der Waals surface area (Å²) >= 11 is 0. The highest BCUT2D eigenvalue weighted by Gasteiger charge is 2.71. The van der Waals surface area contributed by atoms with Crippen LogP contribution in [-0.2, 0) is 27.2 Å². The summed E-state index contributed by atoms with van der Waals surface area (Å²) < 4.78 is 0. The average Bonchev–Trinajstić information content (AvgIpc) is 3.77. The minimum absolute atomic E-state index is 0.0180. The molecule has 0 aromatic heterocycles. The van der Waals surface area contributed by atoms with Gasteiger partial charge >= 0.3 is 0 Å². The molecule has 4 aliphatic carbocycles. The second kappa shape index (κ2) is 9.73. The van der Waals surface area contributed by atoms with Crippen LogP contribution >= 0.6 is 0 Å². The van der Waals surface area contributed by atoms with Crippen LogP contribution in [0.4, 0.5) is 0 Å². The van der Waals surface area contributed by atoms with Crippen LogP contribution in [-0.4, -0.2) is 49.2 Å². The number of fused-ring (bicyclic) bond motifs is 3. The number of aromatic hydroxyl groups is 1. The number of hydrogen-bond donors (Lipinski definition) is 4. The highest BCUT2D eigenvalue weighted by atomic mass is 16.3. The van der Waals surface area contributed by atoms with Gasteiger partial charge in [0, 0.05) is 34.7 Å². The van der Waals surface area contributed by atoms with Crippen molar-refractivity contribution in [2.45, 2.75) is 72.3 Å². The van der Waals surface area contributed by atoms with Gasteiger partial charge in [0.25, 0.3) is 0 Å². The number of hydrogen-bond acceptors (Lipinski definition) is 8. The molecule has 4 aliphatic rings. The molecule has 4 N–H and O–H groups in total. The molecule has 1 unspecified atom stereocenters. The predicted molar refractivity (Wildman–Crippen MR) is 162 cm³/mol. The van der Waals surface area contributed by atoms with Crippen LogP contribution in [0.2, 0.25) is 0 Å². The van der Waals surface area contributed by atoms with Gasteiger partial charge in [0.05, 0.1) is 5.56 Å². The predicted octanol–water partition coefficient (Wildman–Crippen LogP) is 5.54. The molecule has 4 atom stereocenters. The maximum Gasteiger partial charge on any atom is 0.209 e. The van der Waals surface area contributed by atoms with Gasteiger partial charge in [-0.1, -0.05) is 58.0 Å². The molecule has 1 saturated carbocycles. The topological polar surface area (TPSA) is 149 Å². The number of allylic oxidation sites excluding steroid dienone is 2. The summed E-state index contributed by atoms with van der Waals surface area (Å²) in [6.45, 7) is 8.12. The first kappa shape index (κ1) is 30.0. The summed E-state index contributed by atoms with van der Waals surface area (Å²) in [5.41, 5.74) is -3.03. The zero-order valence-electron chi connectivity index (χ0n) is 25.7. The maximum absolute atomic E-state index is 14.3. The van der Waals surface area contributed by atoms with E-state index in [1.54, 1.807) is 33.8 Å². The van der Waals surface area contributed by atoms with Crippen molar-refractivity contribution in [3.8, 4) is 16.9 Å². The third-order valence-electron chi connectivity index (χ3n) is 10.6. The van der Waals surface area contributed by atoms with Gasteiger partial charge in [0.1, 0.15) is 28.6 Å². The van der Waals surface area contributed by atoms with E-state index in [4.69, 9.17) is 0 Å². The molecular weight excluding hydrogens is 560 g/mol. The number of ketones is 4. The fourth-order valence-electron chi connectivity index (χ4n) is 8.56. The van der Waals surface area contributed by atoms with Crippen LogP contribution in [0.25, 0.3) is 11.1 Å². The number of phenols is 1. The summed E-state index contributed by atoms with van der Waals surface area (Å²) in [7, 11) is 0. The molecule has 0 radical (unpaired) electrons. The molecule has 0 saturated heterocycles. The minimum Gasteiger partial charge on any atom is -0.511 e. The lowest BCUT2D eigenvalue weighted by Crippen LogP contribution is -2.67. The number of aliphatic hydroxyl groups excluding tert-OH is 2. The number of carbonyl (C=O) groups is 4. The largest absolute Gasteiger partial charge is 0.511 e. The van der Waals surface area contributed by atoms with Gasteiger partial charge in [-0.25, -0.2) is 0 Å². The van der Waals surface area contributed by atoms with E-state index in [-0.39, 0.29) is 47.3 Å². The second-order valence-electron chi connectivity index (χ2n) is 14.1. The van der Waals surface area contributed by atoms with Crippen molar-refractivity contribution in [3.63, 3.8) is 0 Å². The Labute approximate surface area is 256 Å². The molecule has 2 aromatic rings. The number of carbonyl (C=O) groups excluding carboxylic acids is 4. The maximum atomic E-state index is 14.3. The minimum atomic E-state index is -2.64. The first-order valence-corrected chi connectivity index (χ1v) is 15.2. The molecule has 0 aliphatic heterocycles. The number of aliphatic hydroxyl groups is 3. The normalized spacial score (nSPS) is 29.8. The van der Waals surface area contributed by atoms with Gasteiger partial charge < -0.3 is 20.4 Å². The van der Waals surface area contributed by atoms with Crippen LogP contribution in [0.1, 0.15) is 75.4 Å². The smallest absolute Gasteiger partial charge is 0.209 e. The standard InChI is InChI=1S/C36H38O8/c1-17(2)28-30(40)26(18(3)37)32(42)36(44)33(43)29-31(41)27-23(15-34(29,4)16-35(28,36)5)22(12-13-24(27)38)20-8-6-19(7-9-20)14-25(39)21-10-11-21/h6-9,12-13,17,21,28,38,40,43-44H,10-11,14-16H2,1-5H3/t28?,34-,35-,36+/m1/s1. The Morgan fingerprint density at radius 1 is 0.977 bits per heavy atom. The third kappa shape index (κ3) is 3.99. The molecule has 0 bridgehead atoms. The lowest BCUT2D eigenvalue weighted by atomic mass is 9.44. The molecule has 6 rings (SSSR count). The molecule has 8 nitrogen and oxygen atoms in total. The van der Waals surface area contributed by atoms with Crippen LogP contribution in [0.5, 0.6) is 5.75 Å². The Balaban J connectivity index is 1.50. The molecule has 0 spiro atoms. The van der Waals surface area contributed by atoms with Gasteiger partial charge in [-0.15, -0.1) is 0 Å². The lowest BCUT2D eigenvalue weighted by Gasteiger charge is -2.59. The van der Waals surface area contributed by atoms with Gasteiger partial charge in [-0.05, 0) is 66.8 Å². The van der Waals surface area contributed by atoms with Crippen LogP contribution in [0.15, 0.2) is 59.1 Å². The van der Waals surface area contributed by atoms with Crippen LogP contribution in [0.3, 0.4) is 0 Å². The molecular formula is C36H38O8. The van der Waals surface area contributed by atoms with Crippen LogP contribution < -0.4 is 0 Å². The summed E-state index contributed by atoms with van der Waals surface area (Å²) in [4.78, 5) is 53.0. The SMILES string of the molecule is CC(=O)C1=C(O)C(C(C)C)[C@@]2(C)C[C@@]3(C)Cc4c(-c5ccc(CC(=O)C6CC6)cc5)ccc(O)c4C(=O)C3=C(O)[C@@]2(O)C1=O. The summed E-state index contributed by atoms with van der Waals surface area (Å²) in [6.07, 6.45) is 2.49. The fourth-order valence-corrected chi connectivity index (χ4v) is 8.56. The van der Waals surface area contributed by atoms with E-state index in [9.17, 15) is 39.6 Å². The number of phenolic OH excluding ortho intramolecular Hbond substituents is 1. The fraction of sp³-hybridized carbons (Fsp3) is 0.444. The van der Waals surface area contributed by atoms with Crippen molar-refractivity contribution in [2.24, 2.45) is 28.6 Å². The number of rotatable bonds is 6. The molecule has 8 heteroatoms. The Kier molecular flexibility index (Phi) is 6.64. The average molecular weight is 599 g/mol. The Morgan fingerprint density at radius 3 is 2.18 bits per heavy atom. The van der Waals surface area contributed by atoms with Crippen molar-refractivity contribution in [3.05, 3.63) is 75.8 Å². The highest BCUT2D eigenvalue weighted by Crippen LogP contribution is 2.65. The lowest BCUT2D eigenvalue weighted by molar-refractivity contribution is -0.171. The van der Waals surface area contributed by atoms with Crippen molar-refractivity contribution in [1.29, 1.82) is 0 Å². The quantitative estimate of drug-likeness (QED) is 0.317. The highest BCUT2D eigenvalue weighted by molar-refractivity contribution is 6.25. The van der Waals surface area contributed by atoms with E-state index in [1.165, 1.54) is 6.07 Å². The molecule has 2 aromatic carbocycles. The summed E-state index contributed by atoms with van der Waals surface area (Å²) in [5, 5.41) is 46.3. The van der Waals surface area contributed by atoms with E-state index >= 15 is 0 Å². The van der Waals surface area contributed by atoms with Gasteiger partial charge in [-0.2, -0.15) is 0 Å². The van der Waals surface area contributed by atoms with E-state index in [1.807, 2.05) is 24.3 Å². The summed E-state index contributed by atoms with van der Waals surface area (Å²) in [6, 6.07) is 10.7. The molecule has 1 fully saturated rings. The van der Waals surface area contributed by atoms with E-state index in [0.29, 0.717) is 17.5 Å². The van der Waals surface area contributed by atoms with Gasteiger partial charge in [0.2, 0.25) is 5.78 Å². The number of benzene rings is 2. The first-order valence-electron chi connectivity index (χ1n) is 15.2. The number of Topliss-reactive ketones (excluding diaryl/α,β-unsaturated/α-hetero) is 4. The van der Waals surface area contributed by atoms with Crippen molar-refractivity contribution < 1.29 is 39.6 Å². The van der Waals surface area contributed by atoms with Crippen molar-refractivity contribution in [1.82, 2.24) is 0 Å². The van der Waals surface area contributed by atoms with Crippen molar-refractivity contribution in [2.75, 3.05) is 0 Å².